The van der Waals surface area contributed by atoms with E-state index in [4.69, 9.17) is 0 Å². The Labute approximate surface area is 115 Å². The second-order valence-electron chi connectivity index (χ2n) is 5.44. The molecule has 1 saturated heterocycles. The Hall–Kier alpha value is -1.13. The molecule has 0 spiro atoms. The van der Waals surface area contributed by atoms with E-state index < -0.39 is 0 Å². The third-order valence-corrected chi connectivity index (χ3v) is 3.74. The topological polar surface area (TPSA) is 18.5 Å². The highest BCUT2D eigenvalue weighted by molar-refractivity contribution is 5.42. The second-order valence-corrected chi connectivity index (χ2v) is 5.44. The van der Waals surface area contributed by atoms with E-state index in [1.54, 1.807) is 12.1 Å². The van der Waals surface area contributed by atoms with Crippen molar-refractivity contribution in [2.45, 2.75) is 19.4 Å². The molecule has 0 radical (unpaired) electrons. The summed E-state index contributed by atoms with van der Waals surface area (Å²) in [5.74, 6) is -0.185. The highest BCUT2D eigenvalue weighted by atomic mass is 19.1. The van der Waals surface area contributed by atoms with Crippen LogP contribution in [0.25, 0.3) is 0 Å². The predicted molar refractivity (Wildman–Crippen MR) is 78.0 cm³/mol. The average Bonchev–Trinajstić information content (AvgIpc) is 2.51. The van der Waals surface area contributed by atoms with Crippen LogP contribution in [0.4, 0.5) is 10.1 Å². The highest BCUT2D eigenvalue weighted by Gasteiger charge is 2.18. The monoisotopic (exact) mass is 265 g/mol. The Bertz CT molecular complexity index is 397. The Morgan fingerprint density at radius 3 is 3.00 bits per heavy atom. The molecule has 1 aromatic carbocycles. The highest BCUT2D eigenvalue weighted by Crippen LogP contribution is 2.10. The van der Waals surface area contributed by atoms with Crippen molar-refractivity contribution in [1.29, 1.82) is 0 Å². The van der Waals surface area contributed by atoms with Crippen LogP contribution in [0.3, 0.4) is 0 Å². The van der Waals surface area contributed by atoms with E-state index in [0.717, 1.165) is 31.9 Å². The molecule has 0 bridgehead atoms. The molecule has 1 atom stereocenters. The molecule has 0 amide bonds. The zero-order valence-corrected chi connectivity index (χ0v) is 11.9. The maximum atomic E-state index is 13.1. The van der Waals surface area contributed by atoms with Gasteiger partial charge in [0.25, 0.3) is 0 Å². The van der Waals surface area contributed by atoms with Crippen LogP contribution >= 0.6 is 0 Å². The molecule has 2 rings (SSSR count). The molecule has 19 heavy (non-hydrogen) atoms. The normalized spacial score (nSPS) is 22.2. The summed E-state index contributed by atoms with van der Waals surface area (Å²) in [6.07, 6.45) is 1.22. The minimum absolute atomic E-state index is 0.185. The summed E-state index contributed by atoms with van der Waals surface area (Å²) in [5.41, 5.74) is 0.861. The average molecular weight is 265 g/mol. The maximum absolute atomic E-state index is 13.1. The minimum atomic E-state index is -0.185. The lowest BCUT2D eigenvalue weighted by atomic mass is 10.2. The van der Waals surface area contributed by atoms with Gasteiger partial charge in [0.1, 0.15) is 5.82 Å². The number of likely N-dealkylation sites (N-methyl/N-ethyl adjacent to an activating group) is 1. The largest absolute Gasteiger partial charge is 0.384 e. The van der Waals surface area contributed by atoms with Gasteiger partial charge >= 0.3 is 0 Å². The fourth-order valence-electron chi connectivity index (χ4n) is 2.70. The van der Waals surface area contributed by atoms with Crippen LogP contribution in [0.15, 0.2) is 24.3 Å². The molecule has 0 aromatic heterocycles. The molecule has 1 heterocycles. The number of benzene rings is 1. The van der Waals surface area contributed by atoms with E-state index in [9.17, 15) is 4.39 Å². The first-order chi connectivity index (χ1) is 9.15. The van der Waals surface area contributed by atoms with Crippen molar-refractivity contribution < 1.29 is 4.39 Å². The van der Waals surface area contributed by atoms with E-state index >= 15 is 0 Å². The number of hydrogen-bond acceptors (Lipinski definition) is 3. The van der Waals surface area contributed by atoms with Gasteiger partial charge in [0, 0.05) is 31.4 Å². The van der Waals surface area contributed by atoms with Crippen LogP contribution in [0.5, 0.6) is 0 Å². The summed E-state index contributed by atoms with van der Waals surface area (Å²) in [6.45, 7) is 7.60. The molecular formula is C15H24FN3. The number of halogens is 1. The lowest BCUT2D eigenvalue weighted by Crippen LogP contribution is -2.40. The molecule has 1 aliphatic rings. The number of hydrogen-bond donors (Lipinski definition) is 1. The Morgan fingerprint density at radius 1 is 1.37 bits per heavy atom. The van der Waals surface area contributed by atoms with Crippen LogP contribution in [0, 0.1) is 5.82 Å². The summed E-state index contributed by atoms with van der Waals surface area (Å²) in [6, 6.07) is 7.24. The third-order valence-electron chi connectivity index (χ3n) is 3.74. The van der Waals surface area contributed by atoms with E-state index in [2.05, 4.69) is 29.1 Å². The van der Waals surface area contributed by atoms with Gasteiger partial charge in [-0.15, -0.1) is 0 Å². The fourth-order valence-corrected chi connectivity index (χ4v) is 2.70. The van der Waals surface area contributed by atoms with Crippen molar-refractivity contribution in [2.24, 2.45) is 0 Å². The Kier molecular flexibility index (Phi) is 5.16. The van der Waals surface area contributed by atoms with Gasteiger partial charge in [-0.25, -0.2) is 4.39 Å². The maximum Gasteiger partial charge on any atom is 0.125 e. The SMILES string of the molecule is CC1CN(C)CCCN1CCNc1cccc(F)c1. The summed E-state index contributed by atoms with van der Waals surface area (Å²) in [5, 5.41) is 3.29. The smallest absolute Gasteiger partial charge is 0.125 e. The lowest BCUT2D eigenvalue weighted by molar-refractivity contribution is 0.209. The summed E-state index contributed by atoms with van der Waals surface area (Å²) < 4.78 is 13.1. The Morgan fingerprint density at radius 2 is 2.21 bits per heavy atom. The molecule has 1 N–H and O–H groups in total. The van der Waals surface area contributed by atoms with E-state index in [1.165, 1.54) is 19.0 Å². The molecule has 106 valence electrons. The van der Waals surface area contributed by atoms with Crippen molar-refractivity contribution in [3.8, 4) is 0 Å². The zero-order valence-electron chi connectivity index (χ0n) is 11.9. The van der Waals surface area contributed by atoms with Crippen molar-refractivity contribution in [1.82, 2.24) is 9.80 Å². The van der Waals surface area contributed by atoms with Gasteiger partial charge in [-0.1, -0.05) is 6.07 Å². The van der Waals surface area contributed by atoms with Gasteiger partial charge in [0.15, 0.2) is 0 Å². The zero-order chi connectivity index (χ0) is 13.7. The minimum Gasteiger partial charge on any atom is -0.384 e. The van der Waals surface area contributed by atoms with Gasteiger partial charge < -0.3 is 10.2 Å². The van der Waals surface area contributed by atoms with E-state index in [-0.39, 0.29) is 5.82 Å². The van der Waals surface area contributed by atoms with Crippen molar-refractivity contribution in [3.05, 3.63) is 30.1 Å². The Balaban J connectivity index is 1.78. The standard InChI is InChI=1S/C15H24FN3/c1-13-12-18(2)8-4-9-19(13)10-7-17-15-6-3-5-14(16)11-15/h3,5-6,11,13,17H,4,7-10,12H2,1-2H3. The molecule has 1 aliphatic heterocycles. The second kappa shape index (κ2) is 6.87. The van der Waals surface area contributed by atoms with Gasteiger partial charge in [-0.2, -0.15) is 0 Å². The van der Waals surface area contributed by atoms with Crippen molar-refractivity contribution in [2.75, 3.05) is 45.1 Å². The van der Waals surface area contributed by atoms with Gasteiger partial charge in [0.2, 0.25) is 0 Å². The third kappa shape index (κ3) is 4.48. The first-order valence-electron chi connectivity index (χ1n) is 7.07. The fraction of sp³-hybridized carbons (Fsp3) is 0.600. The summed E-state index contributed by atoms with van der Waals surface area (Å²) >= 11 is 0. The summed E-state index contributed by atoms with van der Waals surface area (Å²) in [7, 11) is 2.19. The molecule has 1 aromatic rings. The molecule has 1 fully saturated rings. The van der Waals surface area contributed by atoms with Crippen LogP contribution in [0.2, 0.25) is 0 Å². The first-order valence-corrected chi connectivity index (χ1v) is 7.07. The van der Waals surface area contributed by atoms with Crippen molar-refractivity contribution in [3.63, 3.8) is 0 Å². The number of anilines is 1. The van der Waals surface area contributed by atoms with Crippen molar-refractivity contribution >= 4 is 5.69 Å². The quantitative estimate of drug-likeness (QED) is 0.901. The molecule has 1 unspecified atom stereocenters. The number of rotatable bonds is 4. The van der Waals surface area contributed by atoms with Gasteiger partial charge in [-0.3, -0.25) is 4.90 Å². The van der Waals surface area contributed by atoms with Crippen LogP contribution in [0.1, 0.15) is 13.3 Å². The lowest BCUT2D eigenvalue weighted by Gasteiger charge is -2.28. The van der Waals surface area contributed by atoms with Crippen LogP contribution in [-0.2, 0) is 0 Å². The number of nitrogens with zero attached hydrogens (tertiary/aromatic N) is 2. The van der Waals surface area contributed by atoms with Gasteiger partial charge in [-0.05, 0) is 51.7 Å². The molecule has 4 heteroatoms. The predicted octanol–water partition coefficient (Wildman–Crippen LogP) is 2.26. The molecule has 0 aliphatic carbocycles. The van der Waals surface area contributed by atoms with Crippen LogP contribution in [-0.4, -0.2) is 55.6 Å². The molecule has 0 saturated carbocycles. The summed E-state index contributed by atoms with van der Waals surface area (Å²) in [4.78, 5) is 4.90. The molecular weight excluding hydrogens is 241 g/mol. The van der Waals surface area contributed by atoms with Crippen LogP contribution < -0.4 is 5.32 Å². The molecule has 3 nitrogen and oxygen atoms in total. The van der Waals surface area contributed by atoms with E-state index in [1.807, 2.05) is 6.07 Å². The first kappa shape index (κ1) is 14.3. The number of nitrogens with one attached hydrogen (secondary N) is 1. The van der Waals surface area contributed by atoms with Gasteiger partial charge in [0.05, 0.1) is 0 Å². The van der Waals surface area contributed by atoms with E-state index in [0.29, 0.717) is 6.04 Å².